The minimum Gasteiger partial charge on any atom is -0.361 e. The summed E-state index contributed by atoms with van der Waals surface area (Å²) in [6, 6.07) is 11.0. The van der Waals surface area contributed by atoms with Gasteiger partial charge in [-0.2, -0.15) is 0 Å². The number of rotatable bonds is 6. The van der Waals surface area contributed by atoms with Gasteiger partial charge in [-0.25, -0.2) is 4.68 Å². The number of hydrogen-bond donors (Lipinski definition) is 1. The molecule has 2 aromatic heterocycles. The first-order valence-corrected chi connectivity index (χ1v) is 10.9. The van der Waals surface area contributed by atoms with Gasteiger partial charge in [0.25, 0.3) is 5.56 Å². The molecule has 0 saturated carbocycles. The van der Waals surface area contributed by atoms with Crippen LogP contribution in [-0.2, 0) is 18.4 Å². The second-order valence-corrected chi connectivity index (χ2v) is 8.34. The third kappa shape index (κ3) is 4.39. The lowest BCUT2D eigenvalue weighted by atomic mass is 10.2. The summed E-state index contributed by atoms with van der Waals surface area (Å²) in [6.07, 6.45) is 0. The number of anilines is 1. The van der Waals surface area contributed by atoms with Crippen molar-refractivity contribution in [3.05, 3.63) is 63.9 Å². The summed E-state index contributed by atoms with van der Waals surface area (Å²) in [7, 11) is 1.82. The topological polar surface area (TPSA) is 88.5 Å². The van der Waals surface area contributed by atoms with Crippen molar-refractivity contribution in [2.45, 2.75) is 33.4 Å². The molecule has 1 fully saturated rings. The minimum atomic E-state index is -0.337. The zero-order valence-electron chi connectivity index (χ0n) is 19.0. The van der Waals surface area contributed by atoms with Crippen LogP contribution in [0.3, 0.4) is 0 Å². The number of para-hydroxylation sites is 1. The molecule has 0 radical (unpaired) electrons. The Labute approximate surface area is 187 Å². The van der Waals surface area contributed by atoms with Gasteiger partial charge in [-0.1, -0.05) is 23.4 Å². The van der Waals surface area contributed by atoms with Crippen molar-refractivity contribution in [3.63, 3.8) is 0 Å². The largest absolute Gasteiger partial charge is 0.361 e. The number of aryl methyl sites for hydroxylation is 1. The number of nitrogens with zero attached hydrogens (tertiary/aromatic N) is 5. The van der Waals surface area contributed by atoms with Gasteiger partial charge in [-0.3, -0.25) is 24.1 Å². The van der Waals surface area contributed by atoms with E-state index in [1.165, 1.54) is 0 Å². The average molecular weight is 439 g/mol. The van der Waals surface area contributed by atoms with Crippen LogP contribution in [0.4, 0.5) is 5.69 Å². The van der Waals surface area contributed by atoms with Crippen LogP contribution in [-0.4, -0.2) is 62.4 Å². The van der Waals surface area contributed by atoms with Gasteiger partial charge in [0.1, 0.15) is 11.4 Å². The standard InChI is InChI=1S/C23H30N6O3/c1-16-14-19(25-32-16)15-27-10-12-28(13-11-27)18(3)22(30)24-21-17(2)26(4)29(23(21)31)20-8-6-5-7-9-20/h5-9,14,18H,10-13,15H2,1-4H3,(H,24,30). The quantitative estimate of drug-likeness (QED) is 0.633. The van der Waals surface area contributed by atoms with E-state index in [9.17, 15) is 9.59 Å². The van der Waals surface area contributed by atoms with Crippen LogP contribution in [0.25, 0.3) is 5.69 Å². The highest BCUT2D eigenvalue weighted by atomic mass is 16.5. The van der Waals surface area contributed by atoms with E-state index in [4.69, 9.17) is 4.52 Å². The summed E-state index contributed by atoms with van der Waals surface area (Å²) < 4.78 is 8.48. The zero-order valence-corrected chi connectivity index (χ0v) is 19.0. The Morgan fingerprint density at radius 1 is 1.16 bits per heavy atom. The summed E-state index contributed by atoms with van der Waals surface area (Å²) in [5.74, 6) is 0.642. The van der Waals surface area contributed by atoms with Crippen molar-refractivity contribution >= 4 is 11.6 Å². The summed E-state index contributed by atoms with van der Waals surface area (Å²) in [4.78, 5) is 30.5. The molecule has 1 unspecified atom stereocenters. The number of nitrogens with one attached hydrogen (secondary N) is 1. The molecule has 1 aromatic carbocycles. The third-order valence-electron chi connectivity index (χ3n) is 6.20. The van der Waals surface area contributed by atoms with Crippen molar-refractivity contribution in [1.82, 2.24) is 24.3 Å². The second-order valence-electron chi connectivity index (χ2n) is 8.34. The number of benzene rings is 1. The van der Waals surface area contributed by atoms with Crippen LogP contribution in [0, 0.1) is 13.8 Å². The van der Waals surface area contributed by atoms with Gasteiger partial charge < -0.3 is 9.84 Å². The molecular weight excluding hydrogens is 408 g/mol. The average Bonchev–Trinajstić information content (AvgIpc) is 3.30. The predicted molar refractivity (Wildman–Crippen MR) is 122 cm³/mol. The van der Waals surface area contributed by atoms with Crippen LogP contribution in [0.5, 0.6) is 0 Å². The fourth-order valence-corrected chi connectivity index (χ4v) is 4.14. The highest BCUT2D eigenvalue weighted by molar-refractivity contribution is 5.95. The highest BCUT2D eigenvalue weighted by Crippen LogP contribution is 2.16. The van der Waals surface area contributed by atoms with Gasteiger partial charge in [-0.15, -0.1) is 0 Å². The van der Waals surface area contributed by atoms with E-state index in [1.807, 2.05) is 64.2 Å². The maximum Gasteiger partial charge on any atom is 0.295 e. The molecular formula is C23H30N6O3. The van der Waals surface area contributed by atoms with Crippen LogP contribution in [0.15, 0.2) is 45.7 Å². The van der Waals surface area contributed by atoms with E-state index < -0.39 is 0 Å². The first-order valence-electron chi connectivity index (χ1n) is 10.9. The van der Waals surface area contributed by atoms with E-state index in [-0.39, 0.29) is 17.5 Å². The Bertz CT molecular complexity index is 1140. The minimum absolute atomic E-state index is 0.170. The molecule has 3 aromatic rings. The van der Waals surface area contributed by atoms with E-state index in [0.717, 1.165) is 49.9 Å². The Morgan fingerprint density at radius 3 is 2.47 bits per heavy atom. The first-order chi connectivity index (χ1) is 15.3. The van der Waals surface area contributed by atoms with Gasteiger partial charge in [0.05, 0.1) is 23.1 Å². The molecule has 32 heavy (non-hydrogen) atoms. The molecule has 1 aliphatic heterocycles. The molecule has 3 heterocycles. The van der Waals surface area contributed by atoms with Crippen molar-refractivity contribution in [2.24, 2.45) is 7.05 Å². The second kappa shape index (κ2) is 9.13. The summed E-state index contributed by atoms with van der Waals surface area (Å²) in [5.41, 5.74) is 2.50. The van der Waals surface area contributed by atoms with Gasteiger partial charge in [0, 0.05) is 45.8 Å². The van der Waals surface area contributed by atoms with Crippen molar-refractivity contribution < 1.29 is 9.32 Å². The first kappa shape index (κ1) is 22.0. The van der Waals surface area contributed by atoms with Crippen LogP contribution < -0.4 is 10.9 Å². The number of amides is 1. The molecule has 1 saturated heterocycles. The molecule has 0 spiro atoms. The molecule has 1 amide bonds. The van der Waals surface area contributed by atoms with E-state index in [1.54, 1.807) is 9.36 Å². The lowest BCUT2D eigenvalue weighted by Gasteiger charge is -2.37. The van der Waals surface area contributed by atoms with E-state index in [2.05, 4.69) is 20.3 Å². The smallest absolute Gasteiger partial charge is 0.295 e. The maximum absolute atomic E-state index is 13.1. The van der Waals surface area contributed by atoms with Crippen LogP contribution in [0.1, 0.15) is 24.1 Å². The Morgan fingerprint density at radius 2 is 1.84 bits per heavy atom. The molecule has 4 rings (SSSR count). The van der Waals surface area contributed by atoms with Gasteiger partial charge >= 0.3 is 0 Å². The lowest BCUT2D eigenvalue weighted by Crippen LogP contribution is -2.52. The summed E-state index contributed by atoms with van der Waals surface area (Å²) in [6.45, 7) is 9.58. The molecule has 0 aliphatic carbocycles. The Hall–Kier alpha value is -3.17. The van der Waals surface area contributed by atoms with Crippen molar-refractivity contribution in [3.8, 4) is 5.69 Å². The lowest BCUT2D eigenvalue weighted by molar-refractivity contribution is -0.121. The normalized spacial score (nSPS) is 16.2. The fourth-order valence-electron chi connectivity index (χ4n) is 4.14. The highest BCUT2D eigenvalue weighted by Gasteiger charge is 2.28. The van der Waals surface area contributed by atoms with Crippen LogP contribution in [0.2, 0.25) is 0 Å². The Balaban J connectivity index is 1.40. The van der Waals surface area contributed by atoms with E-state index >= 15 is 0 Å². The van der Waals surface area contributed by atoms with Crippen molar-refractivity contribution in [2.75, 3.05) is 31.5 Å². The Kier molecular flexibility index (Phi) is 6.29. The van der Waals surface area contributed by atoms with Crippen LogP contribution >= 0.6 is 0 Å². The number of carbonyl (C=O) groups is 1. The van der Waals surface area contributed by atoms with Gasteiger partial charge in [0.15, 0.2) is 0 Å². The molecule has 9 heteroatoms. The molecule has 0 bridgehead atoms. The molecule has 1 N–H and O–H groups in total. The number of hydrogen-bond acceptors (Lipinski definition) is 6. The number of piperazine rings is 1. The number of aromatic nitrogens is 3. The molecule has 1 aliphatic rings. The van der Waals surface area contributed by atoms with E-state index in [0.29, 0.717) is 11.4 Å². The predicted octanol–water partition coefficient (Wildman–Crippen LogP) is 1.93. The SMILES string of the molecule is Cc1cc(CN2CCN(C(C)C(=O)Nc3c(C)n(C)n(-c4ccccc4)c3=O)CC2)no1. The fraction of sp³-hybridized carbons (Fsp3) is 0.435. The number of carbonyl (C=O) groups excluding carboxylic acids is 1. The van der Waals surface area contributed by atoms with Gasteiger partial charge in [0.2, 0.25) is 5.91 Å². The summed E-state index contributed by atoms with van der Waals surface area (Å²) in [5, 5.41) is 6.95. The molecule has 9 nitrogen and oxygen atoms in total. The summed E-state index contributed by atoms with van der Waals surface area (Å²) >= 11 is 0. The molecule has 170 valence electrons. The molecule has 1 atom stereocenters. The maximum atomic E-state index is 13.1. The monoisotopic (exact) mass is 438 g/mol. The van der Waals surface area contributed by atoms with Crippen molar-refractivity contribution in [1.29, 1.82) is 0 Å². The van der Waals surface area contributed by atoms with Gasteiger partial charge in [-0.05, 0) is 32.9 Å². The third-order valence-corrected chi connectivity index (χ3v) is 6.20. The zero-order chi connectivity index (χ0) is 22.8.